The fourth-order valence-electron chi connectivity index (χ4n) is 6.08. The lowest BCUT2D eigenvalue weighted by atomic mass is 9.47. The highest BCUT2D eigenvalue weighted by atomic mass is 16.1. The van der Waals surface area contributed by atoms with E-state index >= 15 is 0 Å². The Bertz CT molecular complexity index is 351. The zero-order chi connectivity index (χ0) is 13.8. The minimum Gasteiger partial charge on any atom is -0.368 e. The number of nitrogens with two attached hydrogens (primary N) is 1. The molecule has 1 atom stereocenters. The average Bonchev–Trinajstić information content (AvgIpc) is 2.31. The topological polar surface area (TPSA) is 55.1 Å². The fraction of sp³-hybridized carbons (Fsp3) is 0.938. The number of hydrogen-bond donors (Lipinski definition) is 2. The first-order valence-electron chi connectivity index (χ1n) is 7.97. The molecule has 19 heavy (non-hydrogen) atoms. The van der Waals surface area contributed by atoms with E-state index in [-0.39, 0.29) is 11.8 Å². The molecule has 4 fully saturated rings. The van der Waals surface area contributed by atoms with E-state index in [4.69, 9.17) is 5.73 Å². The molecule has 0 aromatic heterocycles. The van der Waals surface area contributed by atoms with Crippen molar-refractivity contribution in [3.8, 4) is 0 Å². The summed E-state index contributed by atoms with van der Waals surface area (Å²) in [5, 5.41) is 3.37. The summed E-state index contributed by atoms with van der Waals surface area (Å²) >= 11 is 0. The van der Waals surface area contributed by atoms with E-state index in [1.165, 1.54) is 32.1 Å². The summed E-state index contributed by atoms with van der Waals surface area (Å²) in [6, 6.07) is 0. The molecule has 3 nitrogen and oxygen atoms in total. The molecule has 0 heterocycles. The lowest BCUT2D eigenvalue weighted by molar-refractivity contribution is -0.141. The van der Waals surface area contributed by atoms with Gasteiger partial charge in [0.2, 0.25) is 5.91 Å². The van der Waals surface area contributed by atoms with E-state index in [1.807, 2.05) is 7.05 Å². The van der Waals surface area contributed by atoms with Crippen LogP contribution in [0.5, 0.6) is 0 Å². The van der Waals surface area contributed by atoms with Crippen molar-refractivity contribution < 1.29 is 4.79 Å². The second kappa shape index (κ2) is 4.47. The molecule has 0 aliphatic heterocycles. The first kappa shape index (κ1) is 13.4. The SMILES string of the molecule is CNC(C(N)=O)(C(C)C)C1C2CC3CC(C2)CC1C3. The number of carbonyl (C=O) groups excluding carboxylic acids is 1. The third kappa shape index (κ3) is 1.77. The van der Waals surface area contributed by atoms with Crippen molar-refractivity contribution in [2.75, 3.05) is 7.05 Å². The number of carbonyl (C=O) groups is 1. The number of likely N-dealkylation sites (N-methyl/N-ethyl adjacent to an activating group) is 1. The number of amides is 1. The van der Waals surface area contributed by atoms with Crippen LogP contribution in [0.3, 0.4) is 0 Å². The Morgan fingerprint density at radius 2 is 1.58 bits per heavy atom. The van der Waals surface area contributed by atoms with E-state index in [2.05, 4.69) is 19.2 Å². The molecule has 4 rings (SSSR count). The van der Waals surface area contributed by atoms with E-state index in [9.17, 15) is 4.79 Å². The maximum Gasteiger partial charge on any atom is 0.238 e. The van der Waals surface area contributed by atoms with Crippen molar-refractivity contribution in [3.63, 3.8) is 0 Å². The van der Waals surface area contributed by atoms with Crippen molar-refractivity contribution in [1.82, 2.24) is 5.32 Å². The van der Waals surface area contributed by atoms with Crippen LogP contribution in [0.4, 0.5) is 0 Å². The average molecular weight is 264 g/mol. The zero-order valence-corrected chi connectivity index (χ0v) is 12.5. The van der Waals surface area contributed by atoms with Crippen LogP contribution >= 0.6 is 0 Å². The molecule has 0 radical (unpaired) electrons. The summed E-state index contributed by atoms with van der Waals surface area (Å²) in [4.78, 5) is 12.3. The van der Waals surface area contributed by atoms with Gasteiger partial charge in [0, 0.05) is 0 Å². The second-order valence-electron chi connectivity index (χ2n) is 7.59. The van der Waals surface area contributed by atoms with Gasteiger partial charge in [-0.2, -0.15) is 0 Å². The van der Waals surface area contributed by atoms with Gasteiger partial charge in [0.15, 0.2) is 0 Å². The van der Waals surface area contributed by atoms with Crippen molar-refractivity contribution in [2.24, 2.45) is 41.2 Å². The molecular formula is C16H28N2O. The Labute approximate surface area is 116 Å². The smallest absolute Gasteiger partial charge is 0.238 e. The standard InChI is InChI=1S/C16H28N2O/c1-9(2)16(18-3,15(17)19)14-12-5-10-4-11(7-12)8-13(14)6-10/h9-14,18H,4-8H2,1-3H3,(H2,17,19). The van der Waals surface area contributed by atoms with Gasteiger partial charge in [0.1, 0.15) is 5.54 Å². The molecule has 1 unspecified atom stereocenters. The van der Waals surface area contributed by atoms with Crippen LogP contribution < -0.4 is 11.1 Å². The molecular weight excluding hydrogens is 236 g/mol. The van der Waals surface area contributed by atoms with Gasteiger partial charge < -0.3 is 11.1 Å². The molecule has 0 aromatic rings. The molecule has 1 amide bonds. The summed E-state index contributed by atoms with van der Waals surface area (Å²) in [5.41, 5.74) is 5.36. The first-order chi connectivity index (χ1) is 8.99. The van der Waals surface area contributed by atoms with Crippen LogP contribution in [0.25, 0.3) is 0 Å². The van der Waals surface area contributed by atoms with E-state index in [1.54, 1.807) is 0 Å². The Kier molecular flexibility index (Phi) is 3.16. The molecule has 4 saturated carbocycles. The Hall–Kier alpha value is -0.570. The van der Waals surface area contributed by atoms with E-state index in [0.29, 0.717) is 5.92 Å². The molecule has 4 aliphatic carbocycles. The molecule has 0 saturated heterocycles. The maximum atomic E-state index is 12.3. The highest BCUT2D eigenvalue weighted by Crippen LogP contribution is 2.59. The van der Waals surface area contributed by atoms with E-state index in [0.717, 1.165) is 23.7 Å². The lowest BCUT2D eigenvalue weighted by Crippen LogP contribution is -2.68. The summed E-state index contributed by atoms with van der Waals surface area (Å²) in [5.74, 6) is 3.90. The van der Waals surface area contributed by atoms with Gasteiger partial charge in [-0.25, -0.2) is 0 Å². The first-order valence-corrected chi connectivity index (χ1v) is 7.97. The molecule has 3 heteroatoms. The molecule has 0 aromatic carbocycles. The predicted molar refractivity (Wildman–Crippen MR) is 76.4 cm³/mol. The summed E-state index contributed by atoms with van der Waals surface area (Å²) in [6.45, 7) is 4.29. The van der Waals surface area contributed by atoms with Crippen molar-refractivity contribution in [2.45, 2.75) is 51.5 Å². The fourth-order valence-corrected chi connectivity index (χ4v) is 6.08. The highest BCUT2D eigenvalue weighted by Gasteiger charge is 2.58. The van der Waals surface area contributed by atoms with Crippen LogP contribution in [0, 0.1) is 35.5 Å². The Morgan fingerprint density at radius 1 is 1.11 bits per heavy atom. The van der Waals surface area contributed by atoms with Gasteiger partial charge >= 0.3 is 0 Å². The van der Waals surface area contributed by atoms with Crippen LogP contribution in [0.2, 0.25) is 0 Å². The van der Waals surface area contributed by atoms with Crippen LogP contribution in [0.15, 0.2) is 0 Å². The number of hydrogen-bond acceptors (Lipinski definition) is 2. The van der Waals surface area contributed by atoms with Gasteiger partial charge in [0.05, 0.1) is 0 Å². The summed E-state index contributed by atoms with van der Waals surface area (Å²) < 4.78 is 0. The van der Waals surface area contributed by atoms with Crippen LogP contribution in [0.1, 0.15) is 46.0 Å². The Balaban J connectivity index is 1.97. The second-order valence-corrected chi connectivity index (χ2v) is 7.59. The monoisotopic (exact) mass is 264 g/mol. The molecule has 0 spiro atoms. The van der Waals surface area contributed by atoms with Crippen LogP contribution in [-0.2, 0) is 4.79 Å². The molecule has 108 valence electrons. The molecule has 3 N–H and O–H groups in total. The number of primary amides is 1. The Morgan fingerprint density at radius 3 is 1.89 bits per heavy atom. The van der Waals surface area contributed by atoms with Crippen molar-refractivity contribution >= 4 is 5.91 Å². The van der Waals surface area contributed by atoms with Gasteiger partial charge in [-0.05, 0) is 74.7 Å². The van der Waals surface area contributed by atoms with Crippen molar-refractivity contribution in [1.29, 1.82) is 0 Å². The minimum absolute atomic E-state index is 0.137. The number of nitrogens with one attached hydrogen (secondary N) is 1. The minimum atomic E-state index is -0.497. The van der Waals surface area contributed by atoms with Crippen molar-refractivity contribution in [3.05, 3.63) is 0 Å². The molecule has 4 aliphatic rings. The molecule has 4 bridgehead atoms. The lowest BCUT2D eigenvalue weighted by Gasteiger charge is -2.60. The summed E-state index contributed by atoms with van der Waals surface area (Å²) in [6.07, 6.45) is 6.79. The largest absolute Gasteiger partial charge is 0.368 e. The predicted octanol–water partition coefficient (Wildman–Crippen LogP) is 2.16. The highest BCUT2D eigenvalue weighted by molar-refractivity contribution is 5.85. The van der Waals surface area contributed by atoms with Gasteiger partial charge in [0.25, 0.3) is 0 Å². The van der Waals surface area contributed by atoms with Gasteiger partial charge in [-0.3, -0.25) is 4.79 Å². The zero-order valence-electron chi connectivity index (χ0n) is 12.5. The quantitative estimate of drug-likeness (QED) is 0.817. The van der Waals surface area contributed by atoms with E-state index < -0.39 is 5.54 Å². The van der Waals surface area contributed by atoms with Gasteiger partial charge in [-0.15, -0.1) is 0 Å². The number of rotatable bonds is 4. The summed E-state index contributed by atoms with van der Waals surface area (Å²) in [7, 11) is 1.93. The maximum absolute atomic E-state index is 12.3. The van der Waals surface area contributed by atoms with Gasteiger partial charge in [-0.1, -0.05) is 13.8 Å². The third-order valence-electron chi connectivity index (χ3n) is 6.48. The third-order valence-corrected chi connectivity index (χ3v) is 6.48. The normalized spacial score (nSPS) is 43.5. The van der Waals surface area contributed by atoms with Crippen LogP contribution in [-0.4, -0.2) is 18.5 Å².